The maximum Gasteiger partial charge on any atom is 0.262 e. The first-order valence-electron chi connectivity index (χ1n) is 20.5. The zero-order chi connectivity index (χ0) is 40.3. The van der Waals surface area contributed by atoms with Crippen LogP contribution in [0.4, 0.5) is 17.1 Å². The molecule has 1 spiro atoms. The quantitative estimate of drug-likeness (QED) is 0.342. The maximum absolute atomic E-state index is 13.5. The Morgan fingerprint density at radius 2 is 1.48 bits per heavy atom. The molecular formula is C44H47ClN8O5. The van der Waals surface area contributed by atoms with Gasteiger partial charge in [0.25, 0.3) is 17.7 Å². The molecule has 5 amide bonds. The molecule has 3 aromatic carbocycles. The molecule has 0 radical (unpaired) electrons. The van der Waals surface area contributed by atoms with Crippen LogP contribution in [0, 0.1) is 22.7 Å². The molecule has 0 aromatic heterocycles. The van der Waals surface area contributed by atoms with Crippen molar-refractivity contribution in [1.29, 1.82) is 5.26 Å². The monoisotopic (exact) mass is 802 g/mol. The predicted octanol–water partition coefficient (Wildman–Crippen LogP) is 4.39. The molecule has 6 heterocycles. The fraction of sp³-hybridized carbons (Fsp3) is 0.455. The number of nitrogens with zero attached hydrogens (tertiary/aromatic N) is 7. The number of hydrogen-bond acceptors (Lipinski definition) is 10. The number of carbonyl (C=O) groups excluding carboxylic acids is 5. The van der Waals surface area contributed by atoms with Crippen LogP contribution in [0.2, 0.25) is 5.02 Å². The second-order valence-corrected chi connectivity index (χ2v) is 17.2. The lowest BCUT2D eigenvalue weighted by atomic mass is 9.73. The molecule has 0 saturated carbocycles. The van der Waals surface area contributed by atoms with Crippen LogP contribution >= 0.6 is 11.6 Å². The van der Waals surface area contributed by atoms with Gasteiger partial charge in [-0.3, -0.25) is 39.1 Å². The predicted molar refractivity (Wildman–Crippen MR) is 219 cm³/mol. The van der Waals surface area contributed by atoms with Crippen molar-refractivity contribution in [1.82, 2.24) is 20.0 Å². The van der Waals surface area contributed by atoms with Crippen molar-refractivity contribution in [2.45, 2.75) is 51.1 Å². The number of nitrogens with one attached hydrogen (secondary N) is 1. The summed E-state index contributed by atoms with van der Waals surface area (Å²) in [6, 6.07) is 20.7. The first kappa shape index (κ1) is 38.1. The van der Waals surface area contributed by atoms with Crippen LogP contribution in [0.5, 0.6) is 0 Å². The Bertz CT molecular complexity index is 2220. The first-order chi connectivity index (χ1) is 28.0. The number of piperazine rings is 1. The number of hydrogen-bond donors (Lipinski definition) is 1. The zero-order valence-corrected chi connectivity index (χ0v) is 33.4. The number of imide groups is 2. The highest BCUT2D eigenvalue weighted by Crippen LogP contribution is 2.47. The summed E-state index contributed by atoms with van der Waals surface area (Å²) in [6.07, 6.45) is 3.56. The van der Waals surface area contributed by atoms with Gasteiger partial charge in [-0.25, -0.2) is 0 Å². The summed E-state index contributed by atoms with van der Waals surface area (Å²) >= 11 is 6.37. The molecule has 2 unspecified atom stereocenters. The number of amides is 5. The second-order valence-electron chi connectivity index (χ2n) is 16.8. The lowest BCUT2D eigenvalue weighted by Crippen LogP contribution is -2.55. The van der Waals surface area contributed by atoms with Crippen LogP contribution in [-0.4, -0.2) is 122 Å². The molecule has 14 heteroatoms. The summed E-state index contributed by atoms with van der Waals surface area (Å²) in [5.41, 5.74) is 5.15. The van der Waals surface area contributed by atoms with Gasteiger partial charge < -0.3 is 19.6 Å². The fourth-order valence-electron chi connectivity index (χ4n) is 10.1. The molecule has 0 aliphatic carbocycles. The highest BCUT2D eigenvalue weighted by Gasteiger charge is 2.47. The van der Waals surface area contributed by atoms with Gasteiger partial charge in [-0.2, -0.15) is 5.26 Å². The standard InChI is InChI=1S/C44H47ClN8O5/c1-28-44(14-17-52(28)34-7-4-31(24-46)37(45)23-34)12-15-49(16-13-44)32-5-2-30(3-6-32)41(56)50-20-18-48(19-21-50)25-29-26-51(27-29)33-8-9-35-36(22-33)43(58)53(42(35)57)38-10-11-39(54)47-40(38)55/h2-9,22-23,28-29,38H,10-21,25-27H2,1H3,(H,47,54,55). The van der Waals surface area contributed by atoms with Gasteiger partial charge in [0.1, 0.15) is 12.1 Å². The Morgan fingerprint density at radius 3 is 2.17 bits per heavy atom. The number of halogens is 1. The molecule has 6 aliphatic heterocycles. The zero-order valence-electron chi connectivity index (χ0n) is 32.7. The summed E-state index contributed by atoms with van der Waals surface area (Å²) in [7, 11) is 0. The number of nitriles is 1. The molecule has 13 nitrogen and oxygen atoms in total. The number of fused-ring (bicyclic) bond motifs is 1. The topological polar surface area (TPSA) is 141 Å². The largest absolute Gasteiger partial charge is 0.371 e. The van der Waals surface area contributed by atoms with Crippen LogP contribution in [0.1, 0.15) is 75.7 Å². The lowest BCUT2D eigenvalue weighted by molar-refractivity contribution is -0.136. The van der Waals surface area contributed by atoms with Crippen molar-refractivity contribution in [2.75, 3.05) is 80.1 Å². The van der Waals surface area contributed by atoms with E-state index in [0.717, 1.165) is 99.1 Å². The molecule has 5 fully saturated rings. The van der Waals surface area contributed by atoms with E-state index < -0.39 is 29.7 Å². The molecule has 2 atom stereocenters. The van der Waals surface area contributed by atoms with Crippen molar-refractivity contribution in [3.05, 3.63) is 87.9 Å². The summed E-state index contributed by atoms with van der Waals surface area (Å²) in [6.45, 7) is 10.8. The van der Waals surface area contributed by atoms with Gasteiger partial charge in [-0.05, 0) is 98.7 Å². The lowest BCUT2D eigenvalue weighted by Gasteiger charge is -2.45. The van der Waals surface area contributed by atoms with Gasteiger partial charge in [0.15, 0.2) is 0 Å². The van der Waals surface area contributed by atoms with E-state index in [1.165, 1.54) is 0 Å². The number of anilines is 3. The van der Waals surface area contributed by atoms with Crippen LogP contribution in [0.25, 0.3) is 0 Å². The fourth-order valence-corrected chi connectivity index (χ4v) is 10.3. The number of piperidine rings is 2. The van der Waals surface area contributed by atoms with E-state index in [0.29, 0.717) is 41.2 Å². The average molecular weight is 803 g/mol. The molecule has 5 saturated heterocycles. The van der Waals surface area contributed by atoms with E-state index in [2.05, 4.69) is 50.0 Å². The minimum absolute atomic E-state index is 0.0715. The normalized spacial score (nSPS) is 23.6. The minimum atomic E-state index is -0.976. The van der Waals surface area contributed by atoms with Gasteiger partial charge in [-0.15, -0.1) is 0 Å². The van der Waals surface area contributed by atoms with Crippen LogP contribution in [-0.2, 0) is 9.59 Å². The smallest absolute Gasteiger partial charge is 0.262 e. The van der Waals surface area contributed by atoms with E-state index in [-0.39, 0.29) is 29.7 Å². The van der Waals surface area contributed by atoms with E-state index >= 15 is 0 Å². The van der Waals surface area contributed by atoms with Crippen molar-refractivity contribution in [2.24, 2.45) is 11.3 Å². The van der Waals surface area contributed by atoms with Crippen molar-refractivity contribution < 1.29 is 24.0 Å². The Hall–Kier alpha value is -5.45. The van der Waals surface area contributed by atoms with Crippen LogP contribution in [0.15, 0.2) is 60.7 Å². The molecular weight excluding hydrogens is 756 g/mol. The van der Waals surface area contributed by atoms with Crippen molar-refractivity contribution >= 4 is 58.2 Å². The van der Waals surface area contributed by atoms with Crippen molar-refractivity contribution in [3.8, 4) is 6.07 Å². The molecule has 300 valence electrons. The molecule has 6 aliphatic rings. The third-order valence-corrected chi connectivity index (χ3v) is 14.1. The van der Waals surface area contributed by atoms with Gasteiger partial charge in [0.05, 0.1) is 21.7 Å². The number of rotatable bonds is 7. The molecule has 0 bridgehead atoms. The Kier molecular flexibility index (Phi) is 9.88. The summed E-state index contributed by atoms with van der Waals surface area (Å²) in [5.74, 6) is -1.48. The number of carbonyl (C=O) groups is 5. The van der Waals surface area contributed by atoms with Gasteiger partial charge in [-0.1, -0.05) is 11.6 Å². The first-order valence-corrected chi connectivity index (χ1v) is 20.8. The Morgan fingerprint density at radius 1 is 0.810 bits per heavy atom. The third-order valence-electron chi connectivity index (χ3n) is 13.8. The average Bonchev–Trinajstić information content (AvgIpc) is 3.66. The summed E-state index contributed by atoms with van der Waals surface area (Å²) in [5, 5.41) is 12.0. The maximum atomic E-state index is 13.5. The van der Waals surface area contributed by atoms with E-state index in [9.17, 15) is 29.2 Å². The SMILES string of the molecule is CC1N(c2ccc(C#N)c(Cl)c2)CCC12CCN(c1ccc(C(=O)N3CCN(CC4CN(c5ccc6c(c5)C(=O)N(C5CCC(=O)NC5=O)C6=O)C4)CC3)cc1)CC2. The molecule has 9 rings (SSSR count). The Labute approximate surface area is 343 Å². The van der Waals surface area contributed by atoms with Gasteiger partial charge >= 0.3 is 0 Å². The van der Waals surface area contributed by atoms with E-state index in [4.69, 9.17) is 11.6 Å². The van der Waals surface area contributed by atoms with Gasteiger partial charge in [0.2, 0.25) is 11.8 Å². The van der Waals surface area contributed by atoms with Gasteiger partial charge in [0, 0.05) is 106 Å². The summed E-state index contributed by atoms with van der Waals surface area (Å²) in [4.78, 5) is 76.4. The van der Waals surface area contributed by atoms with Crippen molar-refractivity contribution in [3.63, 3.8) is 0 Å². The van der Waals surface area contributed by atoms with E-state index in [1.807, 2.05) is 41.3 Å². The third kappa shape index (κ3) is 6.75. The minimum Gasteiger partial charge on any atom is -0.371 e. The van der Waals surface area contributed by atoms with Crippen LogP contribution in [0.3, 0.4) is 0 Å². The molecule has 58 heavy (non-hydrogen) atoms. The Balaban J connectivity index is 0.723. The molecule has 3 aromatic rings. The molecule has 1 N–H and O–H groups in total. The summed E-state index contributed by atoms with van der Waals surface area (Å²) < 4.78 is 0. The highest BCUT2D eigenvalue weighted by molar-refractivity contribution is 6.32. The second kappa shape index (κ2) is 15.1. The number of benzene rings is 3. The highest BCUT2D eigenvalue weighted by atomic mass is 35.5. The van der Waals surface area contributed by atoms with E-state index in [1.54, 1.807) is 12.1 Å². The van der Waals surface area contributed by atoms with Crippen LogP contribution < -0.4 is 20.0 Å².